The van der Waals surface area contributed by atoms with Crippen molar-refractivity contribution in [2.75, 3.05) is 23.3 Å². The minimum Gasteiger partial charge on any atom is -0.357 e. The lowest BCUT2D eigenvalue weighted by Crippen LogP contribution is -2.25. The Bertz CT molecular complexity index is 575. The fourth-order valence-corrected chi connectivity index (χ4v) is 2.32. The molecular weight excluding hydrogens is 274 g/mol. The minimum absolute atomic E-state index is 0.117. The van der Waals surface area contributed by atoms with Gasteiger partial charge in [0.05, 0.1) is 11.9 Å². The molecule has 2 rings (SSSR count). The molecule has 0 radical (unpaired) electrons. The van der Waals surface area contributed by atoms with Crippen LogP contribution in [0.2, 0.25) is 0 Å². The average Bonchev–Trinajstić information content (AvgIpc) is 2.56. The van der Waals surface area contributed by atoms with Gasteiger partial charge in [-0.15, -0.1) is 0 Å². The second-order valence-corrected chi connectivity index (χ2v) is 5.21. The molecule has 1 heterocycles. The van der Waals surface area contributed by atoms with Crippen LogP contribution < -0.4 is 10.2 Å². The van der Waals surface area contributed by atoms with Gasteiger partial charge in [0.25, 0.3) is 5.91 Å². The van der Waals surface area contributed by atoms with Crippen LogP contribution in [0.25, 0.3) is 0 Å². The van der Waals surface area contributed by atoms with Crippen LogP contribution in [0.15, 0.2) is 48.7 Å². The van der Waals surface area contributed by atoms with Crippen LogP contribution in [-0.4, -0.2) is 24.0 Å². The van der Waals surface area contributed by atoms with Crippen molar-refractivity contribution >= 4 is 17.4 Å². The van der Waals surface area contributed by atoms with Gasteiger partial charge in [0.2, 0.25) is 0 Å². The summed E-state index contributed by atoms with van der Waals surface area (Å²) in [6, 6.07) is 13.0. The van der Waals surface area contributed by atoms with E-state index < -0.39 is 0 Å². The van der Waals surface area contributed by atoms with E-state index in [4.69, 9.17) is 0 Å². The number of hydrogen-bond acceptors (Lipinski definition) is 3. The number of rotatable bonds is 7. The van der Waals surface area contributed by atoms with Crippen LogP contribution in [0.1, 0.15) is 37.0 Å². The number of benzene rings is 1. The van der Waals surface area contributed by atoms with Crippen LogP contribution in [-0.2, 0) is 0 Å². The molecule has 0 atom stereocenters. The van der Waals surface area contributed by atoms with Gasteiger partial charge in [-0.2, -0.15) is 0 Å². The van der Waals surface area contributed by atoms with Gasteiger partial charge in [0.1, 0.15) is 5.82 Å². The largest absolute Gasteiger partial charge is 0.357 e. The quantitative estimate of drug-likeness (QED) is 0.841. The lowest BCUT2D eigenvalue weighted by Gasteiger charge is -2.22. The summed E-state index contributed by atoms with van der Waals surface area (Å²) in [7, 11) is 0. The summed E-state index contributed by atoms with van der Waals surface area (Å²) in [6.45, 7) is 6.32. The molecule has 0 aliphatic rings. The van der Waals surface area contributed by atoms with Crippen LogP contribution in [0.3, 0.4) is 0 Å². The van der Waals surface area contributed by atoms with Crippen molar-refractivity contribution in [1.82, 2.24) is 4.98 Å². The molecule has 0 unspecified atom stereocenters. The Morgan fingerprint density at radius 3 is 2.27 bits per heavy atom. The van der Waals surface area contributed by atoms with Gasteiger partial charge in [-0.1, -0.05) is 32.0 Å². The number of carbonyl (C=O) groups excluding carboxylic acids is 1. The summed E-state index contributed by atoms with van der Waals surface area (Å²) in [5.74, 6) is 0.843. The molecule has 0 bridgehead atoms. The SMILES string of the molecule is CCCN(CCC)c1ccc(NC(=O)c2ccccc2)cn1. The third kappa shape index (κ3) is 4.32. The summed E-state index contributed by atoms with van der Waals surface area (Å²) in [4.78, 5) is 18.8. The van der Waals surface area contributed by atoms with E-state index in [0.29, 0.717) is 11.3 Å². The standard InChI is InChI=1S/C18H23N3O/c1-3-12-21(13-4-2)17-11-10-16(14-19-17)20-18(22)15-8-6-5-7-9-15/h5-11,14H,3-4,12-13H2,1-2H3,(H,20,22). The highest BCUT2D eigenvalue weighted by molar-refractivity contribution is 6.04. The third-order valence-corrected chi connectivity index (χ3v) is 3.35. The van der Waals surface area contributed by atoms with Crippen molar-refractivity contribution in [3.05, 3.63) is 54.2 Å². The van der Waals surface area contributed by atoms with E-state index in [2.05, 4.69) is 29.0 Å². The number of aromatic nitrogens is 1. The molecule has 0 saturated carbocycles. The highest BCUT2D eigenvalue weighted by atomic mass is 16.1. The number of nitrogens with one attached hydrogen (secondary N) is 1. The molecule has 4 nitrogen and oxygen atoms in total. The fraction of sp³-hybridized carbons (Fsp3) is 0.333. The van der Waals surface area contributed by atoms with Gasteiger partial charge in [-0.3, -0.25) is 4.79 Å². The molecule has 0 fully saturated rings. The summed E-state index contributed by atoms with van der Waals surface area (Å²) < 4.78 is 0. The molecule has 22 heavy (non-hydrogen) atoms. The summed E-state index contributed by atoms with van der Waals surface area (Å²) in [5.41, 5.74) is 1.36. The molecule has 1 amide bonds. The number of hydrogen-bond donors (Lipinski definition) is 1. The van der Waals surface area contributed by atoms with E-state index in [1.165, 1.54) is 0 Å². The molecule has 2 aromatic rings. The fourth-order valence-electron chi connectivity index (χ4n) is 2.32. The molecular formula is C18H23N3O. The first-order chi connectivity index (χ1) is 10.7. The normalized spacial score (nSPS) is 10.3. The number of nitrogens with zero attached hydrogens (tertiary/aromatic N) is 2. The second kappa shape index (κ2) is 8.17. The summed E-state index contributed by atoms with van der Waals surface area (Å²) >= 11 is 0. The second-order valence-electron chi connectivity index (χ2n) is 5.21. The molecule has 0 spiro atoms. The Morgan fingerprint density at radius 1 is 1.05 bits per heavy atom. The maximum absolute atomic E-state index is 12.1. The van der Waals surface area contributed by atoms with E-state index in [-0.39, 0.29) is 5.91 Å². The first kappa shape index (κ1) is 16.0. The number of carbonyl (C=O) groups is 1. The zero-order chi connectivity index (χ0) is 15.8. The lowest BCUT2D eigenvalue weighted by atomic mass is 10.2. The highest BCUT2D eigenvalue weighted by Gasteiger charge is 2.08. The third-order valence-electron chi connectivity index (χ3n) is 3.35. The minimum atomic E-state index is -0.117. The average molecular weight is 297 g/mol. The molecule has 1 aromatic heterocycles. The summed E-state index contributed by atoms with van der Waals surface area (Å²) in [6.07, 6.45) is 3.90. The number of pyridine rings is 1. The molecule has 1 N–H and O–H groups in total. The van der Waals surface area contributed by atoms with Gasteiger partial charge in [0, 0.05) is 18.7 Å². The smallest absolute Gasteiger partial charge is 0.255 e. The van der Waals surface area contributed by atoms with Crippen molar-refractivity contribution in [3.8, 4) is 0 Å². The molecule has 116 valence electrons. The molecule has 0 saturated heterocycles. The molecule has 0 aliphatic heterocycles. The van der Waals surface area contributed by atoms with Crippen LogP contribution >= 0.6 is 0 Å². The Labute approximate surface area is 132 Å². The lowest BCUT2D eigenvalue weighted by molar-refractivity contribution is 0.102. The van der Waals surface area contributed by atoms with Gasteiger partial charge < -0.3 is 10.2 Å². The Morgan fingerprint density at radius 2 is 1.73 bits per heavy atom. The maximum atomic E-state index is 12.1. The zero-order valence-corrected chi connectivity index (χ0v) is 13.2. The zero-order valence-electron chi connectivity index (χ0n) is 13.2. The number of anilines is 2. The van der Waals surface area contributed by atoms with Gasteiger partial charge in [-0.05, 0) is 37.1 Å². The van der Waals surface area contributed by atoms with Crippen molar-refractivity contribution in [3.63, 3.8) is 0 Å². The predicted molar refractivity (Wildman–Crippen MR) is 91.4 cm³/mol. The van der Waals surface area contributed by atoms with E-state index in [0.717, 1.165) is 31.7 Å². The van der Waals surface area contributed by atoms with Crippen molar-refractivity contribution < 1.29 is 4.79 Å². The van der Waals surface area contributed by atoms with Crippen molar-refractivity contribution in [2.45, 2.75) is 26.7 Å². The van der Waals surface area contributed by atoms with Crippen LogP contribution in [0.4, 0.5) is 11.5 Å². The number of amides is 1. The van der Waals surface area contributed by atoms with Gasteiger partial charge >= 0.3 is 0 Å². The topological polar surface area (TPSA) is 45.2 Å². The van der Waals surface area contributed by atoms with E-state index in [1.54, 1.807) is 18.3 Å². The molecule has 0 aliphatic carbocycles. The Hall–Kier alpha value is -2.36. The van der Waals surface area contributed by atoms with Crippen molar-refractivity contribution in [2.24, 2.45) is 0 Å². The monoisotopic (exact) mass is 297 g/mol. The predicted octanol–water partition coefficient (Wildman–Crippen LogP) is 3.96. The van der Waals surface area contributed by atoms with Crippen molar-refractivity contribution in [1.29, 1.82) is 0 Å². The van der Waals surface area contributed by atoms with Crippen LogP contribution in [0, 0.1) is 0 Å². The van der Waals surface area contributed by atoms with Gasteiger partial charge in [0.15, 0.2) is 0 Å². The van der Waals surface area contributed by atoms with E-state index >= 15 is 0 Å². The summed E-state index contributed by atoms with van der Waals surface area (Å²) in [5, 5.41) is 2.87. The van der Waals surface area contributed by atoms with Gasteiger partial charge in [-0.25, -0.2) is 4.98 Å². The van der Waals surface area contributed by atoms with E-state index in [1.807, 2.05) is 30.3 Å². The highest BCUT2D eigenvalue weighted by Crippen LogP contribution is 2.15. The van der Waals surface area contributed by atoms with E-state index in [9.17, 15) is 4.79 Å². The Balaban J connectivity index is 2.03. The molecule has 1 aromatic carbocycles. The molecule has 4 heteroatoms. The first-order valence-corrected chi connectivity index (χ1v) is 7.82. The maximum Gasteiger partial charge on any atom is 0.255 e. The van der Waals surface area contributed by atoms with Crippen LogP contribution in [0.5, 0.6) is 0 Å². The Kier molecular flexibility index (Phi) is 5.95. The first-order valence-electron chi connectivity index (χ1n) is 7.82.